The van der Waals surface area contributed by atoms with Crippen molar-refractivity contribution >= 4 is 0 Å². The Morgan fingerprint density at radius 3 is 1.32 bits per heavy atom. The van der Waals surface area contributed by atoms with Gasteiger partial charge in [0.1, 0.15) is 0 Å². The van der Waals surface area contributed by atoms with Gasteiger partial charge in [0.25, 0.3) is 0 Å². The first kappa shape index (κ1) is 26.5. The highest BCUT2D eigenvalue weighted by atomic mass is 16.5. The molecule has 25 heavy (non-hydrogen) atoms. The monoisotopic (exact) mass is 368 g/mol. The number of aliphatic hydroxyl groups is 1. The highest BCUT2D eigenvalue weighted by molar-refractivity contribution is 4.80. The molecule has 1 N–H and O–H groups in total. The maximum atomic E-state index is 7.00. The summed E-state index contributed by atoms with van der Waals surface area (Å²) in [5.74, 6) is 0. The van der Waals surface area contributed by atoms with Gasteiger partial charge in [-0.3, -0.25) is 0 Å². The zero-order valence-corrected chi connectivity index (χ0v) is 16.2. The van der Waals surface area contributed by atoms with Gasteiger partial charge in [-0.1, -0.05) is 6.58 Å². The van der Waals surface area contributed by atoms with E-state index in [1.165, 1.54) is 6.26 Å². The molecule has 0 aromatic carbocycles. The van der Waals surface area contributed by atoms with Gasteiger partial charge < -0.3 is 38.3 Å². The van der Waals surface area contributed by atoms with Crippen molar-refractivity contribution < 1.29 is 38.3 Å². The molecular formula is C17H36O8. The average molecular weight is 368 g/mol. The van der Waals surface area contributed by atoms with Gasteiger partial charge in [0.15, 0.2) is 0 Å². The lowest BCUT2D eigenvalue weighted by atomic mass is 9.92. The van der Waals surface area contributed by atoms with Crippen molar-refractivity contribution in [1.29, 1.82) is 0 Å². The summed E-state index contributed by atoms with van der Waals surface area (Å²) in [7, 11) is 5.91. The van der Waals surface area contributed by atoms with Gasteiger partial charge in [0.2, 0.25) is 0 Å². The third-order valence-electron chi connectivity index (χ3n) is 3.03. The fourth-order valence-corrected chi connectivity index (χ4v) is 1.78. The normalized spacial score (nSPS) is 10.9. The molecule has 0 spiro atoms. The van der Waals surface area contributed by atoms with Crippen molar-refractivity contribution in [3.05, 3.63) is 12.8 Å². The van der Waals surface area contributed by atoms with Gasteiger partial charge in [0, 0.05) is 28.4 Å². The fraction of sp³-hybridized carbons (Fsp3) is 0.882. The Labute approximate surface area is 151 Å². The van der Waals surface area contributed by atoms with Gasteiger partial charge in [-0.05, 0) is 0 Å². The molecule has 0 unspecified atom stereocenters. The van der Waals surface area contributed by atoms with Crippen LogP contribution in [-0.2, 0) is 33.2 Å². The maximum Gasteiger partial charge on any atom is 0.0995 e. The molecule has 0 fully saturated rings. The second kappa shape index (κ2) is 21.3. The van der Waals surface area contributed by atoms with Crippen LogP contribution in [0.25, 0.3) is 0 Å². The van der Waals surface area contributed by atoms with E-state index in [0.29, 0.717) is 66.1 Å². The molecule has 0 aromatic rings. The molecule has 8 nitrogen and oxygen atoms in total. The standard InChI is InChI=1S/C16H32O7.CH4O/c1-5-20-12-16(13-21-9-6-17-2,14-22-10-7-18-3)15-23-11-8-19-4;1-2/h5H,1,6-15H2,2-4H3;2H,1H3. The molecule has 0 aliphatic rings. The van der Waals surface area contributed by atoms with E-state index in [2.05, 4.69) is 6.58 Å². The lowest BCUT2D eigenvalue weighted by Crippen LogP contribution is -2.42. The fourth-order valence-electron chi connectivity index (χ4n) is 1.78. The first-order valence-electron chi connectivity index (χ1n) is 8.12. The third-order valence-corrected chi connectivity index (χ3v) is 3.03. The van der Waals surface area contributed by atoms with E-state index in [9.17, 15) is 0 Å². The summed E-state index contributed by atoms with van der Waals surface area (Å²) in [4.78, 5) is 0. The van der Waals surface area contributed by atoms with Crippen molar-refractivity contribution in [3.63, 3.8) is 0 Å². The Balaban J connectivity index is 0. The summed E-state index contributed by atoms with van der Waals surface area (Å²) in [6, 6.07) is 0. The molecule has 0 saturated carbocycles. The smallest absolute Gasteiger partial charge is 0.0995 e. The first-order chi connectivity index (χ1) is 12.2. The first-order valence-corrected chi connectivity index (χ1v) is 8.12. The molecule has 0 saturated heterocycles. The van der Waals surface area contributed by atoms with E-state index in [-0.39, 0.29) is 0 Å². The van der Waals surface area contributed by atoms with Crippen molar-refractivity contribution in [2.75, 3.05) is 94.5 Å². The summed E-state index contributed by atoms with van der Waals surface area (Å²) < 4.78 is 37.5. The number of hydrogen-bond donors (Lipinski definition) is 1. The van der Waals surface area contributed by atoms with E-state index in [0.717, 1.165) is 7.11 Å². The van der Waals surface area contributed by atoms with Crippen LogP contribution in [0.2, 0.25) is 0 Å². The highest BCUT2D eigenvalue weighted by Gasteiger charge is 2.32. The zero-order valence-electron chi connectivity index (χ0n) is 16.2. The molecule has 0 rings (SSSR count). The van der Waals surface area contributed by atoms with E-state index < -0.39 is 5.41 Å². The molecule has 0 atom stereocenters. The Hall–Kier alpha value is -0.740. The zero-order chi connectivity index (χ0) is 19.2. The topological polar surface area (TPSA) is 84.8 Å². The minimum Gasteiger partial charge on any atom is -0.501 e. The van der Waals surface area contributed by atoms with Crippen LogP contribution >= 0.6 is 0 Å². The average Bonchev–Trinajstić information content (AvgIpc) is 2.65. The molecule has 8 heteroatoms. The molecule has 0 heterocycles. The second-order valence-corrected chi connectivity index (χ2v) is 5.11. The van der Waals surface area contributed by atoms with Gasteiger partial charge in [-0.15, -0.1) is 0 Å². The van der Waals surface area contributed by atoms with Crippen LogP contribution in [0.5, 0.6) is 0 Å². The summed E-state index contributed by atoms with van der Waals surface area (Å²) >= 11 is 0. The maximum absolute atomic E-state index is 7.00. The van der Waals surface area contributed by atoms with Crippen molar-refractivity contribution in [2.24, 2.45) is 5.41 Å². The van der Waals surface area contributed by atoms with Crippen LogP contribution in [-0.4, -0.2) is 99.6 Å². The molecule has 0 aliphatic heterocycles. The highest BCUT2D eigenvalue weighted by Crippen LogP contribution is 2.21. The van der Waals surface area contributed by atoms with Crippen LogP contribution in [0.1, 0.15) is 0 Å². The van der Waals surface area contributed by atoms with Crippen molar-refractivity contribution in [3.8, 4) is 0 Å². The van der Waals surface area contributed by atoms with Crippen LogP contribution in [0.15, 0.2) is 12.8 Å². The van der Waals surface area contributed by atoms with E-state index >= 15 is 0 Å². The summed E-state index contributed by atoms with van der Waals surface area (Å²) in [6.45, 7) is 8.40. The van der Waals surface area contributed by atoms with E-state index in [1.807, 2.05) is 0 Å². The second-order valence-electron chi connectivity index (χ2n) is 5.11. The van der Waals surface area contributed by atoms with Crippen molar-refractivity contribution in [1.82, 2.24) is 0 Å². The van der Waals surface area contributed by atoms with E-state index in [4.69, 9.17) is 38.3 Å². The van der Waals surface area contributed by atoms with Crippen LogP contribution in [0, 0.1) is 5.41 Å². The van der Waals surface area contributed by atoms with Crippen LogP contribution < -0.4 is 0 Å². The third kappa shape index (κ3) is 16.5. The van der Waals surface area contributed by atoms with Crippen LogP contribution in [0.3, 0.4) is 0 Å². The number of rotatable bonds is 18. The van der Waals surface area contributed by atoms with Crippen LogP contribution in [0.4, 0.5) is 0 Å². The Kier molecular flexibility index (Phi) is 22.6. The predicted octanol–water partition coefficient (Wildman–Crippen LogP) is 0.730. The Morgan fingerprint density at radius 1 is 0.680 bits per heavy atom. The predicted molar refractivity (Wildman–Crippen MR) is 94.8 cm³/mol. The molecule has 0 radical (unpaired) electrons. The number of aliphatic hydroxyl groups excluding tert-OH is 1. The van der Waals surface area contributed by atoms with Gasteiger partial charge in [-0.25, -0.2) is 0 Å². The molecule has 0 aromatic heterocycles. The quantitative estimate of drug-likeness (QED) is 0.280. The molecule has 152 valence electrons. The number of methoxy groups -OCH3 is 3. The summed E-state index contributed by atoms with van der Waals surface area (Å²) in [5.41, 5.74) is -0.427. The van der Waals surface area contributed by atoms with Gasteiger partial charge in [-0.2, -0.15) is 0 Å². The Bertz CT molecular complexity index is 232. The minimum absolute atomic E-state index is 0.392. The number of ether oxygens (including phenoxy) is 7. The largest absolute Gasteiger partial charge is 0.501 e. The van der Waals surface area contributed by atoms with Gasteiger partial charge in [0.05, 0.1) is 77.7 Å². The molecule has 0 bridgehead atoms. The minimum atomic E-state index is -0.427. The molecule has 0 amide bonds. The lowest BCUT2D eigenvalue weighted by molar-refractivity contribution is -0.105. The SMILES string of the molecule is C=COCC(COCCOC)(COCCOC)COCCOC.CO. The molecular weight excluding hydrogens is 332 g/mol. The van der Waals surface area contributed by atoms with Gasteiger partial charge >= 0.3 is 0 Å². The van der Waals surface area contributed by atoms with E-state index in [1.54, 1.807) is 21.3 Å². The lowest BCUT2D eigenvalue weighted by Gasteiger charge is -2.32. The molecule has 0 aliphatic carbocycles. The van der Waals surface area contributed by atoms with Crippen molar-refractivity contribution in [2.45, 2.75) is 0 Å². The Morgan fingerprint density at radius 2 is 1.04 bits per heavy atom. The number of hydrogen-bond acceptors (Lipinski definition) is 8. The summed E-state index contributed by atoms with van der Waals surface area (Å²) in [6.07, 6.45) is 1.41. The summed E-state index contributed by atoms with van der Waals surface area (Å²) in [5, 5.41) is 7.00.